The van der Waals surface area contributed by atoms with E-state index in [-0.39, 0.29) is 10.8 Å². The van der Waals surface area contributed by atoms with Gasteiger partial charge in [0, 0.05) is 19.7 Å². The van der Waals surface area contributed by atoms with Crippen LogP contribution in [0.15, 0.2) is 16.6 Å². The van der Waals surface area contributed by atoms with Gasteiger partial charge in [0.15, 0.2) is 5.82 Å². The first-order valence-corrected chi connectivity index (χ1v) is 5.10. The maximum atomic E-state index is 13.7. The van der Waals surface area contributed by atoms with Crippen LogP contribution in [0.2, 0.25) is 0 Å². The van der Waals surface area contributed by atoms with Crippen LogP contribution in [0.5, 0.6) is 0 Å². The molecule has 0 aromatic heterocycles. The van der Waals surface area contributed by atoms with E-state index in [2.05, 4.69) is 15.9 Å². The second-order valence-electron chi connectivity index (χ2n) is 3.02. The molecular weight excluding hydrogens is 267 g/mol. The minimum absolute atomic E-state index is 0.182. The van der Waals surface area contributed by atoms with Crippen molar-refractivity contribution in [3.05, 3.63) is 28.0 Å². The van der Waals surface area contributed by atoms with Crippen LogP contribution in [0.1, 0.15) is 5.56 Å². The van der Waals surface area contributed by atoms with Gasteiger partial charge in [-0.05, 0) is 28.1 Å². The van der Waals surface area contributed by atoms with Gasteiger partial charge in [-0.15, -0.1) is 0 Å². The van der Waals surface area contributed by atoms with E-state index < -0.39 is 0 Å². The molecule has 1 rings (SSSR count). The first-order valence-electron chi connectivity index (χ1n) is 3.90. The van der Waals surface area contributed by atoms with Crippen LogP contribution in [0.3, 0.4) is 0 Å². The Labute approximate surface area is 96.0 Å². The molecule has 0 saturated carbocycles. The third kappa shape index (κ3) is 2.04. The van der Waals surface area contributed by atoms with Gasteiger partial charge in [-0.2, -0.15) is 0 Å². The van der Waals surface area contributed by atoms with Crippen molar-refractivity contribution in [1.29, 1.82) is 0 Å². The van der Waals surface area contributed by atoms with Gasteiger partial charge in [-0.1, -0.05) is 12.2 Å². The van der Waals surface area contributed by atoms with Crippen LogP contribution in [0.4, 0.5) is 10.1 Å². The number of halogens is 2. The number of thiocarbonyl (C=S) groups is 1. The van der Waals surface area contributed by atoms with Crippen LogP contribution in [-0.2, 0) is 0 Å². The standard InChI is InChI=1S/C9H10BrFN2S/c1-13(2)6-4-3-5(9(12)14)7(10)8(6)11/h3-4H,1-2H3,(H2,12,14). The number of benzene rings is 1. The van der Waals surface area contributed by atoms with E-state index in [9.17, 15) is 4.39 Å². The van der Waals surface area contributed by atoms with Crippen molar-refractivity contribution in [2.45, 2.75) is 0 Å². The quantitative estimate of drug-likeness (QED) is 0.841. The Morgan fingerprint density at radius 3 is 2.50 bits per heavy atom. The Bertz CT molecular complexity index is 379. The average Bonchev–Trinajstić information content (AvgIpc) is 2.08. The zero-order valence-electron chi connectivity index (χ0n) is 7.84. The van der Waals surface area contributed by atoms with Crippen LogP contribution in [0, 0.1) is 5.82 Å². The Kier molecular flexibility index (Phi) is 3.44. The Hall–Kier alpha value is -0.680. The summed E-state index contributed by atoms with van der Waals surface area (Å²) in [5.74, 6) is -0.347. The van der Waals surface area contributed by atoms with Crippen LogP contribution < -0.4 is 10.6 Å². The first kappa shape index (κ1) is 11.4. The fourth-order valence-corrected chi connectivity index (χ4v) is 1.93. The Morgan fingerprint density at radius 2 is 2.07 bits per heavy atom. The zero-order chi connectivity index (χ0) is 10.9. The highest BCUT2D eigenvalue weighted by molar-refractivity contribution is 9.10. The maximum Gasteiger partial charge on any atom is 0.161 e. The Morgan fingerprint density at radius 1 is 1.50 bits per heavy atom. The van der Waals surface area contributed by atoms with E-state index in [1.165, 1.54) is 0 Å². The van der Waals surface area contributed by atoms with Gasteiger partial charge >= 0.3 is 0 Å². The SMILES string of the molecule is CN(C)c1ccc(C(N)=S)c(Br)c1F. The molecule has 0 unspecified atom stereocenters. The number of rotatable bonds is 2. The molecule has 5 heteroatoms. The van der Waals surface area contributed by atoms with Gasteiger partial charge in [-0.3, -0.25) is 0 Å². The number of hydrogen-bond donors (Lipinski definition) is 1. The van der Waals surface area contributed by atoms with Crippen LogP contribution >= 0.6 is 28.1 Å². The molecule has 0 heterocycles. The lowest BCUT2D eigenvalue weighted by Gasteiger charge is -2.15. The van der Waals surface area contributed by atoms with E-state index in [4.69, 9.17) is 18.0 Å². The van der Waals surface area contributed by atoms with E-state index in [0.29, 0.717) is 15.7 Å². The van der Waals surface area contributed by atoms with E-state index in [1.54, 1.807) is 31.1 Å². The largest absolute Gasteiger partial charge is 0.389 e. The highest BCUT2D eigenvalue weighted by Crippen LogP contribution is 2.28. The highest BCUT2D eigenvalue weighted by atomic mass is 79.9. The minimum Gasteiger partial charge on any atom is -0.389 e. The summed E-state index contributed by atoms with van der Waals surface area (Å²) in [6.45, 7) is 0. The second-order valence-corrected chi connectivity index (χ2v) is 4.25. The summed E-state index contributed by atoms with van der Waals surface area (Å²) in [5.41, 5.74) is 6.44. The van der Waals surface area contributed by atoms with Gasteiger partial charge in [0.2, 0.25) is 0 Å². The first-order chi connectivity index (χ1) is 6.45. The third-order valence-electron chi connectivity index (χ3n) is 1.81. The molecule has 0 radical (unpaired) electrons. The lowest BCUT2D eigenvalue weighted by Crippen LogP contribution is -2.15. The van der Waals surface area contributed by atoms with Gasteiger partial charge < -0.3 is 10.6 Å². The van der Waals surface area contributed by atoms with Gasteiger partial charge in [0.1, 0.15) is 4.99 Å². The molecule has 0 amide bonds. The number of nitrogens with zero attached hydrogens (tertiary/aromatic N) is 1. The molecule has 1 aromatic rings. The summed E-state index contributed by atoms with van der Waals surface area (Å²) in [6.07, 6.45) is 0. The molecule has 0 fully saturated rings. The monoisotopic (exact) mass is 276 g/mol. The van der Waals surface area contributed by atoms with Crippen molar-refractivity contribution in [2.75, 3.05) is 19.0 Å². The molecule has 0 spiro atoms. The molecule has 14 heavy (non-hydrogen) atoms. The molecule has 1 aromatic carbocycles. The fourth-order valence-electron chi connectivity index (χ4n) is 1.07. The van der Waals surface area contributed by atoms with Crippen molar-refractivity contribution in [1.82, 2.24) is 0 Å². The summed E-state index contributed by atoms with van der Waals surface area (Å²) in [4.78, 5) is 1.87. The normalized spacial score (nSPS) is 10.0. The molecule has 0 aliphatic carbocycles. The summed E-state index contributed by atoms with van der Waals surface area (Å²) < 4.78 is 14.0. The average molecular weight is 277 g/mol. The van der Waals surface area contributed by atoms with Crippen molar-refractivity contribution in [2.24, 2.45) is 5.73 Å². The maximum absolute atomic E-state index is 13.7. The van der Waals surface area contributed by atoms with Crippen molar-refractivity contribution >= 4 is 38.8 Å². The Balaban J connectivity index is 3.33. The lowest BCUT2D eigenvalue weighted by atomic mass is 10.2. The summed E-state index contributed by atoms with van der Waals surface area (Å²) in [6, 6.07) is 3.35. The van der Waals surface area contributed by atoms with Gasteiger partial charge in [0.05, 0.1) is 10.2 Å². The molecule has 0 atom stereocenters. The smallest absolute Gasteiger partial charge is 0.161 e. The van der Waals surface area contributed by atoms with Crippen LogP contribution in [0.25, 0.3) is 0 Å². The van der Waals surface area contributed by atoms with Crippen molar-refractivity contribution < 1.29 is 4.39 Å². The molecule has 0 saturated heterocycles. The fraction of sp³-hybridized carbons (Fsp3) is 0.222. The number of anilines is 1. The van der Waals surface area contributed by atoms with E-state index in [0.717, 1.165) is 0 Å². The predicted octanol–water partition coefficient (Wildman–Crippen LogP) is 2.29. The predicted molar refractivity (Wildman–Crippen MR) is 64.3 cm³/mol. The van der Waals surface area contributed by atoms with E-state index in [1.807, 2.05) is 0 Å². The zero-order valence-corrected chi connectivity index (χ0v) is 10.2. The number of nitrogens with two attached hydrogens (primary N) is 1. The van der Waals surface area contributed by atoms with Gasteiger partial charge in [0.25, 0.3) is 0 Å². The minimum atomic E-state index is -0.347. The van der Waals surface area contributed by atoms with Crippen LogP contribution in [-0.4, -0.2) is 19.1 Å². The molecule has 0 bridgehead atoms. The molecule has 2 N–H and O–H groups in total. The molecule has 0 aliphatic rings. The van der Waals surface area contributed by atoms with Crippen molar-refractivity contribution in [3.63, 3.8) is 0 Å². The van der Waals surface area contributed by atoms with Gasteiger partial charge in [-0.25, -0.2) is 4.39 Å². The highest BCUT2D eigenvalue weighted by Gasteiger charge is 2.13. The summed E-state index contributed by atoms with van der Waals surface area (Å²) >= 11 is 7.92. The molecule has 2 nitrogen and oxygen atoms in total. The summed E-state index contributed by atoms with van der Waals surface area (Å²) in [5, 5.41) is 0. The molecule has 76 valence electrons. The van der Waals surface area contributed by atoms with E-state index >= 15 is 0 Å². The molecule has 0 aliphatic heterocycles. The lowest BCUT2D eigenvalue weighted by molar-refractivity contribution is 0.619. The molecular formula is C9H10BrFN2S. The topological polar surface area (TPSA) is 29.3 Å². The summed E-state index contributed by atoms with van der Waals surface area (Å²) in [7, 11) is 3.54. The van der Waals surface area contributed by atoms with Crippen molar-refractivity contribution in [3.8, 4) is 0 Å². The third-order valence-corrected chi connectivity index (χ3v) is 2.80. The second kappa shape index (κ2) is 4.23. The number of hydrogen-bond acceptors (Lipinski definition) is 2.